The van der Waals surface area contributed by atoms with Crippen LogP contribution in [-0.2, 0) is 5.41 Å². The van der Waals surface area contributed by atoms with Gasteiger partial charge < -0.3 is 9.32 Å². The first-order chi connectivity index (χ1) is 25.8. The standard InChI is InChI=1S/C49H31NOS/c1-3-13-32(14-4-1)49(33-15-5-2-6-16-33)43-20-10-7-17-37(43)41-29-34(24-27-44(41)49)50(35-25-28-46-42(30-35)38-18-8-11-21-45(38)51-46)36-23-26-40-39-19-9-12-22-47(39)52-48(40)31-36/h1-31H. The Labute approximate surface area is 305 Å². The molecule has 2 aromatic heterocycles. The molecule has 52 heavy (non-hydrogen) atoms. The average Bonchev–Trinajstić information content (AvgIpc) is 3.86. The van der Waals surface area contributed by atoms with Gasteiger partial charge in [0.25, 0.3) is 0 Å². The fourth-order valence-electron chi connectivity index (χ4n) is 8.73. The molecule has 3 heteroatoms. The minimum Gasteiger partial charge on any atom is -0.456 e. The summed E-state index contributed by atoms with van der Waals surface area (Å²) in [5, 5.41) is 4.83. The molecule has 11 rings (SSSR count). The first-order valence-electron chi connectivity index (χ1n) is 17.8. The van der Waals surface area contributed by atoms with Gasteiger partial charge in [0.2, 0.25) is 0 Å². The number of benzene rings is 8. The number of hydrogen-bond acceptors (Lipinski definition) is 3. The smallest absolute Gasteiger partial charge is 0.135 e. The Morgan fingerprint density at radius 2 is 0.962 bits per heavy atom. The Kier molecular flexibility index (Phi) is 6.37. The van der Waals surface area contributed by atoms with Gasteiger partial charge in [-0.25, -0.2) is 0 Å². The van der Waals surface area contributed by atoms with Crippen LogP contribution in [0.25, 0.3) is 53.2 Å². The summed E-state index contributed by atoms with van der Waals surface area (Å²) in [7, 11) is 0. The lowest BCUT2D eigenvalue weighted by Gasteiger charge is -2.34. The van der Waals surface area contributed by atoms with Crippen molar-refractivity contribution in [2.45, 2.75) is 5.41 Å². The number of anilines is 3. The average molecular weight is 682 g/mol. The first-order valence-corrected chi connectivity index (χ1v) is 18.6. The quantitative estimate of drug-likeness (QED) is 0.180. The molecule has 0 aliphatic heterocycles. The molecule has 2 nitrogen and oxygen atoms in total. The molecule has 0 saturated heterocycles. The largest absolute Gasteiger partial charge is 0.456 e. The van der Waals surface area contributed by atoms with Gasteiger partial charge in [-0.2, -0.15) is 0 Å². The van der Waals surface area contributed by atoms with E-state index >= 15 is 0 Å². The minimum absolute atomic E-state index is 0.442. The van der Waals surface area contributed by atoms with Crippen LogP contribution in [0.1, 0.15) is 22.3 Å². The molecule has 8 aromatic carbocycles. The van der Waals surface area contributed by atoms with Crippen LogP contribution in [-0.4, -0.2) is 0 Å². The van der Waals surface area contributed by atoms with Crippen LogP contribution in [0.4, 0.5) is 17.1 Å². The monoisotopic (exact) mass is 681 g/mol. The van der Waals surface area contributed by atoms with Crippen molar-refractivity contribution in [3.8, 4) is 11.1 Å². The fourth-order valence-corrected chi connectivity index (χ4v) is 9.87. The van der Waals surface area contributed by atoms with Gasteiger partial charge in [0, 0.05) is 48.0 Å². The summed E-state index contributed by atoms with van der Waals surface area (Å²) in [6.45, 7) is 0. The van der Waals surface area contributed by atoms with Crippen LogP contribution in [0.15, 0.2) is 192 Å². The van der Waals surface area contributed by atoms with Crippen LogP contribution < -0.4 is 4.90 Å². The Bertz CT molecular complexity index is 2930. The van der Waals surface area contributed by atoms with Crippen LogP contribution >= 0.6 is 11.3 Å². The van der Waals surface area contributed by atoms with Crippen molar-refractivity contribution in [3.05, 3.63) is 210 Å². The van der Waals surface area contributed by atoms with E-state index in [-0.39, 0.29) is 0 Å². The lowest BCUT2D eigenvalue weighted by molar-refractivity contribution is 0.669. The predicted octanol–water partition coefficient (Wildman–Crippen LogP) is 13.8. The molecule has 0 saturated carbocycles. The summed E-state index contributed by atoms with van der Waals surface area (Å²) in [5.41, 5.74) is 12.3. The van der Waals surface area contributed by atoms with Crippen molar-refractivity contribution in [1.82, 2.24) is 0 Å². The third kappa shape index (κ3) is 4.17. The predicted molar refractivity (Wildman–Crippen MR) is 219 cm³/mol. The van der Waals surface area contributed by atoms with Crippen LogP contribution in [0.5, 0.6) is 0 Å². The van der Waals surface area contributed by atoms with Crippen LogP contribution in [0.3, 0.4) is 0 Å². The van der Waals surface area contributed by atoms with Crippen molar-refractivity contribution < 1.29 is 4.42 Å². The summed E-state index contributed by atoms with van der Waals surface area (Å²) >= 11 is 1.85. The molecular weight excluding hydrogens is 651 g/mol. The van der Waals surface area contributed by atoms with Crippen LogP contribution in [0.2, 0.25) is 0 Å². The molecule has 1 aliphatic rings. The highest BCUT2D eigenvalue weighted by Crippen LogP contribution is 2.57. The molecule has 0 amide bonds. The first kappa shape index (κ1) is 29.3. The molecule has 244 valence electrons. The third-order valence-corrected chi connectivity index (χ3v) is 12.1. The van der Waals surface area contributed by atoms with Crippen molar-refractivity contribution in [1.29, 1.82) is 0 Å². The van der Waals surface area contributed by atoms with E-state index in [1.54, 1.807) is 0 Å². The Hall–Kier alpha value is -6.42. The zero-order valence-corrected chi connectivity index (χ0v) is 29.0. The molecular formula is C49H31NOS. The molecule has 1 aliphatic carbocycles. The van der Waals surface area contributed by atoms with Gasteiger partial charge in [0.05, 0.1) is 5.41 Å². The van der Waals surface area contributed by atoms with Crippen molar-refractivity contribution in [2.24, 2.45) is 0 Å². The zero-order chi connectivity index (χ0) is 34.2. The number of rotatable bonds is 5. The molecule has 2 heterocycles. The van der Waals surface area contributed by atoms with Gasteiger partial charge in [-0.15, -0.1) is 11.3 Å². The van der Waals surface area contributed by atoms with E-state index in [0.29, 0.717) is 0 Å². The SMILES string of the molecule is c1ccc(C2(c3ccccc3)c3ccccc3-c3cc(N(c4ccc5c(c4)sc4ccccc45)c4ccc5oc6ccccc6c5c4)ccc32)cc1. The summed E-state index contributed by atoms with van der Waals surface area (Å²) in [6, 6.07) is 68.6. The van der Waals surface area contributed by atoms with E-state index < -0.39 is 5.41 Å². The zero-order valence-electron chi connectivity index (χ0n) is 28.2. The highest BCUT2D eigenvalue weighted by atomic mass is 32.1. The minimum atomic E-state index is -0.442. The fraction of sp³-hybridized carbons (Fsp3) is 0.0204. The number of thiophene rings is 1. The van der Waals surface area contributed by atoms with Crippen molar-refractivity contribution in [3.63, 3.8) is 0 Å². The van der Waals surface area contributed by atoms with Gasteiger partial charge in [0.1, 0.15) is 11.2 Å². The molecule has 10 aromatic rings. The summed E-state index contributed by atoms with van der Waals surface area (Å²) < 4.78 is 8.86. The van der Waals surface area contributed by atoms with Gasteiger partial charge in [-0.1, -0.05) is 133 Å². The van der Waals surface area contributed by atoms with E-state index in [4.69, 9.17) is 4.42 Å². The second-order valence-electron chi connectivity index (χ2n) is 13.7. The normalized spacial score (nSPS) is 13.2. The molecule has 0 bridgehead atoms. The molecule has 0 radical (unpaired) electrons. The topological polar surface area (TPSA) is 16.4 Å². The third-order valence-electron chi connectivity index (χ3n) is 10.9. The number of hydrogen-bond donors (Lipinski definition) is 0. The number of para-hydroxylation sites is 1. The number of nitrogens with zero attached hydrogens (tertiary/aromatic N) is 1. The maximum Gasteiger partial charge on any atom is 0.135 e. The maximum absolute atomic E-state index is 6.28. The van der Waals surface area contributed by atoms with Crippen molar-refractivity contribution >= 4 is 70.5 Å². The van der Waals surface area contributed by atoms with Gasteiger partial charge in [0.15, 0.2) is 0 Å². The van der Waals surface area contributed by atoms with E-state index in [2.05, 4.69) is 181 Å². The molecule has 0 N–H and O–H groups in total. The Morgan fingerprint density at radius 1 is 0.385 bits per heavy atom. The van der Waals surface area contributed by atoms with Gasteiger partial charge in [-0.05, 0) is 88.0 Å². The van der Waals surface area contributed by atoms with E-state index in [1.807, 2.05) is 23.5 Å². The van der Waals surface area contributed by atoms with E-state index in [9.17, 15) is 0 Å². The van der Waals surface area contributed by atoms with Crippen molar-refractivity contribution in [2.75, 3.05) is 4.90 Å². The molecule has 0 spiro atoms. The van der Waals surface area contributed by atoms with Crippen LogP contribution in [0, 0.1) is 0 Å². The molecule has 0 unspecified atom stereocenters. The Balaban J connectivity index is 1.18. The maximum atomic E-state index is 6.28. The highest BCUT2D eigenvalue weighted by molar-refractivity contribution is 7.25. The summed E-state index contributed by atoms with van der Waals surface area (Å²) in [5.74, 6) is 0. The molecule has 0 atom stereocenters. The lowest BCUT2D eigenvalue weighted by atomic mass is 9.68. The Morgan fingerprint density at radius 3 is 1.79 bits per heavy atom. The lowest BCUT2D eigenvalue weighted by Crippen LogP contribution is -2.28. The molecule has 0 fully saturated rings. The highest BCUT2D eigenvalue weighted by Gasteiger charge is 2.46. The number of fused-ring (bicyclic) bond motifs is 9. The summed E-state index contributed by atoms with van der Waals surface area (Å²) in [6.07, 6.45) is 0. The second-order valence-corrected chi connectivity index (χ2v) is 14.7. The van der Waals surface area contributed by atoms with Gasteiger partial charge >= 0.3 is 0 Å². The van der Waals surface area contributed by atoms with E-state index in [1.165, 1.54) is 53.6 Å². The summed E-state index contributed by atoms with van der Waals surface area (Å²) in [4.78, 5) is 2.42. The van der Waals surface area contributed by atoms with E-state index in [0.717, 1.165) is 39.0 Å². The second kappa shape index (κ2) is 11.3. The van der Waals surface area contributed by atoms with Gasteiger partial charge in [-0.3, -0.25) is 0 Å². The number of furan rings is 1.